The van der Waals surface area contributed by atoms with E-state index in [1.807, 2.05) is 6.07 Å². The maximum atomic E-state index is 14.5. The van der Waals surface area contributed by atoms with Crippen LogP contribution in [0.5, 0.6) is 0 Å². The highest BCUT2D eigenvalue weighted by Gasteiger charge is 2.46. The Morgan fingerprint density at radius 1 is 1.35 bits per heavy atom. The highest BCUT2D eigenvalue weighted by atomic mass is 35.5. The number of carbonyl (C=O) groups is 1. The van der Waals surface area contributed by atoms with Gasteiger partial charge in [0.15, 0.2) is 0 Å². The van der Waals surface area contributed by atoms with Crippen LogP contribution < -0.4 is 0 Å². The molecule has 0 radical (unpaired) electrons. The van der Waals surface area contributed by atoms with E-state index in [9.17, 15) is 23.9 Å². The van der Waals surface area contributed by atoms with Gasteiger partial charge in [-0.3, -0.25) is 4.79 Å². The number of allylic oxidation sites excluding steroid dienone is 2. The lowest BCUT2D eigenvalue weighted by Gasteiger charge is -2.27. The average molecular weight is 375 g/mol. The molecule has 1 aliphatic carbocycles. The number of benzene rings is 1. The Morgan fingerprint density at radius 3 is 2.73 bits per heavy atom. The van der Waals surface area contributed by atoms with Gasteiger partial charge < -0.3 is 5.11 Å². The van der Waals surface area contributed by atoms with Gasteiger partial charge >= 0.3 is 5.92 Å². The van der Waals surface area contributed by atoms with Crippen molar-refractivity contribution < 1.29 is 18.7 Å². The molecule has 7 heteroatoms. The van der Waals surface area contributed by atoms with Crippen molar-refractivity contribution in [2.75, 3.05) is 0 Å². The second kappa shape index (κ2) is 6.60. The summed E-state index contributed by atoms with van der Waals surface area (Å²) in [6.45, 7) is 1.37. The summed E-state index contributed by atoms with van der Waals surface area (Å²) in [5, 5.41) is 19.2. The molecule has 0 saturated heterocycles. The highest BCUT2D eigenvalue weighted by molar-refractivity contribution is 6.29. The number of carbonyl (C=O) groups excluding carboxylic acids is 1. The smallest absolute Gasteiger partial charge is 0.335 e. The number of nitrogens with zero attached hydrogens (tertiary/aromatic N) is 2. The molecule has 1 N–H and O–H groups in total. The molecule has 0 bridgehead atoms. The second-order valence-corrected chi connectivity index (χ2v) is 6.37. The predicted octanol–water partition coefficient (Wildman–Crippen LogP) is 3.96. The Labute approximate surface area is 153 Å². The molecule has 4 nitrogen and oxygen atoms in total. The minimum absolute atomic E-state index is 0.00110. The molecule has 0 amide bonds. The summed E-state index contributed by atoms with van der Waals surface area (Å²) in [7, 11) is 0. The summed E-state index contributed by atoms with van der Waals surface area (Å²) in [6, 6.07) is 9.37. The van der Waals surface area contributed by atoms with Crippen molar-refractivity contribution in [1.82, 2.24) is 4.98 Å². The molecule has 0 saturated carbocycles. The number of nitriles is 1. The van der Waals surface area contributed by atoms with Crippen LogP contribution in [0.25, 0.3) is 5.57 Å². The van der Waals surface area contributed by atoms with E-state index in [2.05, 4.69) is 4.98 Å². The molecule has 0 unspecified atom stereocenters. The number of pyridine rings is 1. The van der Waals surface area contributed by atoms with E-state index in [1.54, 1.807) is 12.1 Å². The summed E-state index contributed by atoms with van der Waals surface area (Å²) < 4.78 is 29.1. The Morgan fingerprint density at radius 2 is 2.08 bits per heavy atom. The van der Waals surface area contributed by atoms with Gasteiger partial charge in [0.05, 0.1) is 6.10 Å². The molecule has 1 aromatic heterocycles. The average Bonchev–Trinajstić information content (AvgIpc) is 2.60. The van der Waals surface area contributed by atoms with Gasteiger partial charge in [0.25, 0.3) is 0 Å². The van der Waals surface area contributed by atoms with E-state index in [0.717, 1.165) is 6.08 Å². The van der Waals surface area contributed by atoms with Crippen LogP contribution in [0.2, 0.25) is 5.15 Å². The lowest BCUT2D eigenvalue weighted by molar-refractivity contribution is -0.139. The molecule has 1 heterocycles. The van der Waals surface area contributed by atoms with Gasteiger partial charge in [-0.05, 0) is 41.3 Å². The van der Waals surface area contributed by atoms with E-state index in [-0.39, 0.29) is 28.4 Å². The summed E-state index contributed by atoms with van der Waals surface area (Å²) in [5.41, 5.74) is 0.552. The number of aromatic nitrogens is 1. The van der Waals surface area contributed by atoms with Crippen LogP contribution in [-0.4, -0.2) is 15.9 Å². The van der Waals surface area contributed by atoms with Gasteiger partial charge in [-0.1, -0.05) is 35.9 Å². The number of aliphatic hydroxyl groups is 1. The SMILES string of the molecule is C[C@H](O)c1cccc2c1C(F)(F)C(=O)C=C2Cc1ccc(Cl)nc1C#N. The maximum absolute atomic E-state index is 14.5. The zero-order valence-electron chi connectivity index (χ0n) is 13.6. The van der Waals surface area contributed by atoms with Gasteiger partial charge in [0.1, 0.15) is 16.9 Å². The monoisotopic (exact) mass is 374 g/mol. The zero-order valence-corrected chi connectivity index (χ0v) is 14.4. The lowest BCUT2D eigenvalue weighted by atomic mass is 9.81. The number of aliphatic hydroxyl groups excluding tert-OH is 1. The second-order valence-electron chi connectivity index (χ2n) is 5.98. The third kappa shape index (κ3) is 3.00. The van der Waals surface area contributed by atoms with Crippen LogP contribution in [0.15, 0.2) is 36.4 Å². The molecule has 26 heavy (non-hydrogen) atoms. The molecular formula is C19H13ClF2N2O2. The van der Waals surface area contributed by atoms with Gasteiger partial charge in [-0.15, -0.1) is 0 Å². The molecule has 1 aromatic carbocycles. The van der Waals surface area contributed by atoms with Crippen molar-refractivity contribution in [1.29, 1.82) is 5.26 Å². The van der Waals surface area contributed by atoms with Crippen LogP contribution in [-0.2, 0) is 17.1 Å². The number of rotatable bonds is 3. The van der Waals surface area contributed by atoms with Crippen LogP contribution >= 0.6 is 11.6 Å². The number of halogens is 3. The highest BCUT2D eigenvalue weighted by Crippen LogP contribution is 2.44. The molecule has 3 rings (SSSR count). The Kier molecular flexibility index (Phi) is 4.61. The first-order chi connectivity index (χ1) is 12.3. The fourth-order valence-corrected chi connectivity index (χ4v) is 3.19. The van der Waals surface area contributed by atoms with Crippen LogP contribution in [0, 0.1) is 11.3 Å². The quantitative estimate of drug-likeness (QED) is 0.825. The van der Waals surface area contributed by atoms with E-state index in [0.29, 0.717) is 11.1 Å². The van der Waals surface area contributed by atoms with Crippen LogP contribution in [0.3, 0.4) is 0 Å². The molecule has 0 spiro atoms. The van der Waals surface area contributed by atoms with Crippen molar-refractivity contribution in [2.24, 2.45) is 0 Å². The Bertz CT molecular complexity index is 978. The summed E-state index contributed by atoms with van der Waals surface area (Å²) >= 11 is 5.78. The fraction of sp³-hybridized carbons (Fsp3) is 0.211. The number of ketones is 1. The molecule has 1 aliphatic rings. The Balaban J connectivity index is 2.16. The minimum atomic E-state index is -3.72. The summed E-state index contributed by atoms with van der Waals surface area (Å²) in [4.78, 5) is 16.0. The standard InChI is InChI=1S/C19H13ClF2N2O2/c1-10(25)13-3-2-4-14-12(8-16(26)19(21,22)18(13)14)7-11-5-6-17(20)24-15(11)9-23/h2-6,8,10,25H,7H2,1H3/t10-/m0/s1. The van der Waals surface area contributed by atoms with Crippen LogP contribution in [0.4, 0.5) is 8.78 Å². The third-order valence-electron chi connectivity index (χ3n) is 4.25. The van der Waals surface area contributed by atoms with Crippen molar-refractivity contribution >= 4 is 23.0 Å². The molecular weight excluding hydrogens is 362 g/mol. The van der Waals surface area contributed by atoms with Gasteiger partial charge in [-0.2, -0.15) is 14.0 Å². The largest absolute Gasteiger partial charge is 0.389 e. The first kappa shape index (κ1) is 18.2. The summed E-state index contributed by atoms with van der Waals surface area (Å²) in [6.07, 6.45) is -0.204. The maximum Gasteiger partial charge on any atom is 0.335 e. The number of hydrogen-bond acceptors (Lipinski definition) is 4. The fourth-order valence-electron chi connectivity index (χ4n) is 3.04. The van der Waals surface area contributed by atoms with Crippen molar-refractivity contribution in [2.45, 2.75) is 25.4 Å². The van der Waals surface area contributed by atoms with Crippen LogP contribution in [0.1, 0.15) is 41.0 Å². The number of hydrogen-bond donors (Lipinski definition) is 1. The topological polar surface area (TPSA) is 74.0 Å². The van der Waals surface area contributed by atoms with Gasteiger partial charge in [0, 0.05) is 12.0 Å². The zero-order chi connectivity index (χ0) is 19.1. The van der Waals surface area contributed by atoms with Gasteiger partial charge in [0.2, 0.25) is 5.78 Å². The predicted molar refractivity (Wildman–Crippen MR) is 91.6 cm³/mol. The van der Waals surface area contributed by atoms with E-state index < -0.39 is 23.4 Å². The van der Waals surface area contributed by atoms with E-state index in [4.69, 9.17) is 11.6 Å². The third-order valence-corrected chi connectivity index (χ3v) is 4.46. The molecule has 0 fully saturated rings. The van der Waals surface area contributed by atoms with Gasteiger partial charge in [-0.25, -0.2) is 4.98 Å². The summed E-state index contributed by atoms with van der Waals surface area (Å²) in [5.74, 6) is -5.07. The van der Waals surface area contributed by atoms with Crippen molar-refractivity contribution in [3.63, 3.8) is 0 Å². The first-order valence-electron chi connectivity index (χ1n) is 7.76. The number of fused-ring (bicyclic) bond motifs is 1. The molecule has 132 valence electrons. The Hall–Kier alpha value is -2.62. The molecule has 1 atom stereocenters. The van der Waals surface area contributed by atoms with Crippen molar-refractivity contribution in [3.05, 3.63) is 69.5 Å². The molecule has 2 aromatic rings. The van der Waals surface area contributed by atoms with E-state index in [1.165, 1.54) is 25.1 Å². The number of alkyl halides is 2. The van der Waals surface area contributed by atoms with E-state index >= 15 is 0 Å². The first-order valence-corrected chi connectivity index (χ1v) is 8.13. The normalized spacial score (nSPS) is 16.5. The minimum Gasteiger partial charge on any atom is -0.389 e. The van der Waals surface area contributed by atoms with Crippen molar-refractivity contribution in [3.8, 4) is 6.07 Å². The lowest BCUT2D eigenvalue weighted by Crippen LogP contribution is -2.31. The molecule has 0 aliphatic heterocycles.